The van der Waals surface area contributed by atoms with E-state index in [4.69, 9.17) is 4.74 Å². The van der Waals surface area contributed by atoms with E-state index in [1.165, 1.54) is 0 Å². The summed E-state index contributed by atoms with van der Waals surface area (Å²) in [4.78, 5) is 15.7. The number of ether oxygens (including phenoxy) is 1. The van der Waals surface area contributed by atoms with Gasteiger partial charge < -0.3 is 10.1 Å². The maximum Gasteiger partial charge on any atom is 0.276 e. The molecule has 0 radical (unpaired) electrons. The first-order valence-corrected chi connectivity index (χ1v) is 5.47. The van der Waals surface area contributed by atoms with Crippen LogP contribution < -0.4 is 10.1 Å². The number of rotatable bonds is 4. The zero-order chi connectivity index (χ0) is 12.8. The maximum absolute atomic E-state index is 11.8. The summed E-state index contributed by atoms with van der Waals surface area (Å²) in [5.74, 6) is 0.0784. The lowest BCUT2D eigenvalue weighted by Gasteiger charge is -2.04. The van der Waals surface area contributed by atoms with Gasteiger partial charge in [-0.05, 0) is 25.1 Å². The highest BCUT2D eigenvalue weighted by Gasteiger charge is 2.08. The van der Waals surface area contributed by atoms with Gasteiger partial charge in [0.05, 0.1) is 6.61 Å². The Hall–Kier alpha value is -2.50. The molecule has 0 aliphatic carbocycles. The topological polar surface area (TPSA) is 77.0 Å². The lowest BCUT2D eigenvalue weighted by molar-refractivity contribution is 0.102. The predicted molar refractivity (Wildman–Crippen MR) is 65.4 cm³/mol. The second kappa shape index (κ2) is 5.72. The number of amides is 1. The Morgan fingerprint density at radius 3 is 2.61 bits per heavy atom. The van der Waals surface area contributed by atoms with Crippen LogP contribution in [0.1, 0.15) is 17.4 Å². The molecule has 0 saturated heterocycles. The second-order valence-electron chi connectivity index (χ2n) is 3.38. The van der Waals surface area contributed by atoms with Gasteiger partial charge in [-0.15, -0.1) is 10.2 Å². The van der Waals surface area contributed by atoms with Gasteiger partial charge in [-0.25, -0.2) is 0 Å². The Balaban J connectivity index is 2.05. The lowest BCUT2D eigenvalue weighted by atomic mass is 10.3. The summed E-state index contributed by atoms with van der Waals surface area (Å²) >= 11 is 0. The number of nitrogens with one attached hydrogen (secondary N) is 1. The van der Waals surface area contributed by atoms with E-state index in [2.05, 4.69) is 20.5 Å². The Morgan fingerprint density at radius 2 is 2.00 bits per heavy atom. The number of nitrogens with zero attached hydrogens (tertiary/aromatic N) is 3. The first kappa shape index (κ1) is 12.0. The predicted octanol–water partition coefficient (Wildman–Crippen LogP) is 1.52. The largest absolute Gasteiger partial charge is 0.477 e. The van der Waals surface area contributed by atoms with E-state index < -0.39 is 0 Å². The van der Waals surface area contributed by atoms with Gasteiger partial charge in [-0.3, -0.25) is 9.78 Å². The average molecular weight is 244 g/mol. The Bertz CT molecular complexity index is 513. The molecule has 1 N–H and O–H groups in total. The molecule has 92 valence electrons. The highest BCUT2D eigenvalue weighted by molar-refractivity contribution is 6.02. The highest BCUT2D eigenvalue weighted by atomic mass is 16.5. The van der Waals surface area contributed by atoms with Gasteiger partial charge in [-0.1, -0.05) is 0 Å². The fourth-order valence-electron chi connectivity index (χ4n) is 1.30. The number of anilines is 1. The molecule has 0 aliphatic rings. The van der Waals surface area contributed by atoms with Crippen molar-refractivity contribution < 1.29 is 9.53 Å². The number of aromatic nitrogens is 3. The molecule has 0 aliphatic heterocycles. The number of hydrogen-bond acceptors (Lipinski definition) is 5. The van der Waals surface area contributed by atoms with Crippen molar-refractivity contribution in [2.45, 2.75) is 6.92 Å². The summed E-state index contributed by atoms with van der Waals surface area (Å²) < 4.78 is 5.15. The van der Waals surface area contributed by atoms with E-state index in [0.29, 0.717) is 18.2 Å². The van der Waals surface area contributed by atoms with E-state index in [-0.39, 0.29) is 11.6 Å². The quantitative estimate of drug-likeness (QED) is 0.882. The van der Waals surface area contributed by atoms with Crippen molar-refractivity contribution in [2.75, 3.05) is 11.9 Å². The second-order valence-corrected chi connectivity index (χ2v) is 3.38. The lowest BCUT2D eigenvalue weighted by Crippen LogP contribution is -2.14. The van der Waals surface area contributed by atoms with Gasteiger partial charge in [0.1, 0.15) is 0 Å². The summed E-state index contributed by atoms with van der Waals surface area (Å²) in [5, 5.41) is 10.3. The molecule has 2 heterocycles. The molecule has 0 bridgehead atoms. The number of carbonyl (C=O) groups excluding carboxylic acids is 1. The van der Waals surface area contributed by atoms with Gasteiger partial charge in [-0.2, -0.15) is 0 Å². The summed E-state index contributed by atoms with van der Waals surface area (Å²) in [6.45, 7) is 2.36. The summed E-state index contributed by atoms with van der Waals surface area (Å²) in [6.07, 6.45) is 3.19. The van der Waals surface area contributed by atoms with Gasteiger partial charge in [0, 0.05) is 24.1 Å². The number of hydrogen-bond donors (Lipinski definition) is 1. The molecule has 0 saturated carbocycles. The van der Waals surface area contributed by atoms with Crippen molar-refractivity contribution in [3.63, 3.8) is 0 Å². The van der Waals surface area contributed by atoms with Crippen LogP contribution in [0.25, 0.3) is 0 Å². The SMILES string of the molecule is CCOc1ccc(C(=O)Nc2ccncc2)nn1. The van der Waals surface area contributed by atoms with Crippen molar-refractivity contribution in [1.82, 2.24) is 15.2 Å². The van der Waals surface area contributed by atoms with Crippen LogP contribution >= 0.6 is 0 Å². The van der Waals surface area contributed by atoms with Crippen LogP contribution in [0.5, 0.6) is 5.88 Å². The summed E-state index contributed by atoms with van der Waals surface area (Å²) in [5.41, 5.74) is 0.890. The van der Waals surface area contributed by atoms with E-state index >= 15 is 0 Å². The van der Waals surface area contributed by atoms with Crippen LogP contribution in [-0.4, -0.2) is 27.7 Å². The molecule has 6 nitrogen and oxygen atoms in total. The molecule has 0 atom stereocenters. The smallest absolute Gasteiger partial charge is 0.276 e. The average Bonchev–Trinajstić information content (AvgIpc) is 2.41. The minimum atomic E-state index is -0.322. The molecule has 0 aromatic carbocycles. The summed E-state index contributed by atoms with van der Waals surface area (Å²) in [7, 11) is 0. The van der Waals surface area contributed by atoms with Crippen molar-refractivity contribution in [3.05, 3.63) is 42.4 Å². The van der Waals surface area contributed by atoms with Gasteiger partial charge in [0.2, 0.25) is 5.88 Å². The molecule has 18 heavy (non-hydrogen) atoms. The fourth-order valence-corrected chi connectivity index (χ4v) is 1.30. The van der Waals surface area contributed by atoms with E-state index in [0.717, 1.165) is 0 Å². The highest BCUT2D eigenvalue weighted by Crippen LogP contribution is 2.08. The van der Waals surface area contributed by atoms with Crippen molar-refractivity contribution in [2.24, 2.45) is 0 Å². The van der Waals surface area contributed by atoms with Crippen molar-refractivity contribution in [3.8, 4) is 5.88 Å². The molecule has 0 fully saturated rings. The third kappa shape index (κ3) is 3.00. The normalized spacial score (nSPS) is 9.83. The molecular weight excluding hydrogens is 232 g/mol. The molecule has 6 heteroatoms. The molecule has 0 spiro atoms. The maximum atomic E-state index is 11.8. The van der Waals surface area contributed by atoms with E-state index in [1.807, 2.05) is 6.92 Å². The third-order valence-corrected chi connectivity index (χ3v) is 2.10. The van der Waals surface area contributed by atoms with E-state index in [1.54, 1.807) is 36.7 Å². The zero-order valence-electron chi connectivity index (χ0n) is 9.83. The minimum absolute atomic E-state index is 0.232. The van der Waals surface area contributed by atoms with Gasteiger partial charge in [0.25, 0.3) is 5.91 Å². The van der Waals surface area contributed by atoms with Gasteiger partial charge in [0.15, 0.2) is 5.69 Å². The molecular formula is C12H12N4O2. The van der Waals surface area contributed by atoms with Crippen LogP contribution in [0.3, 0.4) is 0 Å². The number of pyridine rings is 1. The molecule has 0 unspecified atom stereocenters. The Morgan fingerprint density at radius 1 is 1.22 bits per heavy atom. The van der Waals surface area contributed by atoms with Crippen molar-refractivity contribution >= 4 is 11.6 Å². The first-order chi connectivity index (χ1) is 8.79. The van der Waals surface area contributed by atoms with Crippen LogP contribution in [0.2, 0.25) is 0 Å². The van der Waals surface area contributed by atoms with Crippen LogP contribution in [0, 0.1) is 0 Å². The third-order valence-electron chi connectivity index (χ3n) is 2.10. The minimum Gasteiger partial charge on any atom is -0.477 e. The number of carbonyl (C=O) groups is 1. The molecule has 2 aromatic heterocycles. The van der Waals surface area contributed by atoms with Gasteiger partial charge >= 0.3 is 0 Å². The fraction of sp³-hybridized carbons (Fsp3) is 0.167. The van der Waals surface area contributed by atoms with E-state index in [9.17, 15) is 4.79 Å². The monoisotopic (exact) mass is 244 g/mol. The molecule has 2 rings (SSSR count). The van der Waals surface area contributed by atoms with Crippen molar-refractivity contribution in [1.29, 1.82) is 0 Å². The molecule has 1 amide bonds. The standard InChI is InChI=1S/C12H12N4O2/c1-2-18-11-4-3-10(15-16-11)12(17)14-9-5-7-13-8-6-9/h3-8H,2H2,1H3,(H,13,14,17). The first-order valence-electron chi connectivity index (χ1n) is 5.47. The van der Waals surface area contributed by atoms with Crippen LogP contribution in [-0.2, 0) is 0 Å². The van der Waals surface area contributed by atoms with Crippen LogP contribution in [0.15, 0.2) is 36.7 Å². The Kier molecular flexibility index (Phi) is 3.80. The Labute approximate surface area is 104 Å². The zero-order valence-corrected chi connectivity index (χ0v) is 9.83. The summed E-state index contributed by atoms with van der Waals surface area (Å²) in [6, 6.07) is 6.56. The molecule has 2 aromatic rings. The van der Waals surface area contributed by atoms with Crippen LogP contribution in [0.4, 0.5) is 5.69 Å².